The minimum atomic E-state index is -2.48. The summed E-state index contributed by atoms with van der Waals surface area (Å²) in [6, 6.07) is 11.8. The molecule has 1 N–H and O–H groups in total. The van der Waals surface area contributed by atoms with Crippen LogP contribution in [0, 0.1) is 17.2 Å². The lowest BCUT2D eigenvalue weighted by Gasteiger charge is -2.30. The minimum absolute atomic E-state index is 0.122. The molecule has 3 aromatic rings. The number of carbonyl (C=O) groups excluding carboxylic acids is 1. The number of halogens is 2. The molecule has 7 nitrogen and oxygen atoms in total. The smallest absolute Gasteiger partial charge is 0.288 e. The summed E-state index contributed by atoms with van der Waals surface area (Å²) in [5.74, 6) is -1.75. The highest BCUT2D eigenvalue weighted by Gasteiger charge is 2.29. The first kappa shape index (κ1) is 20.9. The molecular formula is C21H18F2N4O3S. The number of thioether (sulfide) groups is 1. The molecule has 0 atom stereocenters. The van der Waals surface area contributed by atoms with Crippen molar-refractivity contribution in [2.75, 3.05) is 23.3 Å². The van der Waals surface area contributed by atoms with Gasteiger partial charge in [-0.25, -0.2) is 0 Å². The molecule has 0 saturated carbocycles. The van der Waals surface area contributed by atoms with E-state index >= 15 is 0 Å². The van der Waals surface area contributed by atoms with E-state index in [-0.39, 0.29) is 23.4 Å². The second-order valence-corrected chi connectivity index (χ2v) is 7.98. The van der Waals surface area contributed by atoms with Crippen molar-refractivity contribution in [1.29, 1.82) is 5.26 Å². The van der Waals surface area contributed by atoms with E-state index in [1.54, 1.807) is 36.4 Å². The minimum Gasteiger partial charge on any atom is -0.459 e. The summed E-state index contributed by atoms with van der Waals surface area (Å²) in [4.78, 5) is 19.1. The Morgan fingerprint density at radius 1 is 1.26 bits per heavy atom. The molecule has 31 heavy (non-hydrogen) atoms. The largest absolute Gasteiger partial charge is 0.459 e. The van der Waals surface area contributed by atoms with Gasteiger partial charge < -0.3 is 19.1 Å². The van der Waals surface area contributed by atoms with E-state index in [0.29, 0.717) is 59.9 Å². The highest BCUT2D eigenvalue weighted by atomic mass is 32.2. The number of nitrogens with one attached hydrogen (secondary N) is 1. The first-order valence-electron chi connectivity index (χ1n) is 9.59. The zero-order valence-corrected chi connectivity index (χ0v) is 17.1. The summed E-state index contributed by atoms with van der Waals surface area (Å²) in [5.41, 5.74) is 0.743. The molecule has 1 aliphatic heterocycles. The summed E-state index contributed by atoms with van der Waals surface area (Å²) in [5, 5.41) is 12.2. The number of nitriles is 1. The van der Waals surface area contributed by atoms with Crippen molar-refractivity contribution in [3.8, 4) is 17.7 Å². The maximum absolute atomic E-state index is 12.6. The Morgan fingerprint density at radius 2 is 2.00 bits per heavy atom. The molecule has 4 rings (SSSR count). The van der Waals surface area contributed by atoms with Gasteiger partial charge in [0.05, 0.1) is 6.26 Å². The molecule has 0 bridgehead atoms. The molecule has 1 aromatic carbocycles. The second-order valence-electron chi connectivity index (χ2n) is 6.92. The lowest BCUT2D eigenvalue weighted by atomic mass is 9.96. The van der Waals surface area contributed by atoms with Crippen molar-refractivity contribution in [2.45, 2.75) is 23.5 Å². The van der Waals surface area contributed by atoms with E-state index in [1.807, 2.05) is 11.0 Å². The van der Waals surface area contributed by atoms with Crippen LogP contribution in [0.4, 0.5) is 20.4 Å². The van der Waals surface area contributed by atoms with Crippen LogP contribution in [0.1, 0.15) is 18.5 Å². The number of carbonyl (C=O) groups is 1. The standard InChI is InChI=1S/C21H18F2N4O3S/c22-21(23)31-15-5-3-14(4-6-15)25-18(28)13-7-9-27(10-8-13)20-16(12-24)26-19(30-20)17-2-1-11-29-17/h1-6,11,13,21H,7-10H2,(H,25,28). The van der Waals surface area contributed by atoms with Gasteiger partial charge in [-0.1, -0.05) is 11.8 Å². The molecule has 0 unspecified atom stereocenters. The molecule has 10 heteroatoms. The van der Waals surface area contributed by atoms with Crippen LogP contribution >= 0.6 is 11.8 Å². The van der Waals surface area contributed by atoms with Crippen LogP contribution in [-0.4, -0.2) is 29.7 Å². The van der Waals surface area contributed by atoms with Crippen molar-refractivity contribution < 1.29 is 22.4 Å². The maximum Gasteiger partial charge on any atom is 0.288 e. The number of anilines is 2. The van der Waals surface area contributed by atoms with Crippen LogP contribution in [0.3, 0.4) is 0 Å². The number of aromatic nitrogens is 1. The Kier molecular flexibility index (Phi) is 6.23. The number of amides is 1. The fourth-order valence-electron chi connectivity index (χ4n) is 3.41. The van der Waals surface area contributed by atoms with Crippen LogP contribution in [0.25, 0.3) is 11.7 Å². The van der Waals surface area contributed by atoms with E-state index < -0.39 is 5.76 Å². The number of oxazole rings is 1. The van der Waals surface area contributed by atoms with Crippen LogP contribution in [0.2, 0.25) is 0 Å². The first-order chi connectivity index (χ1) is 15.0. The van der Waals surface area contributed by atoms with Gasteiger partial charge in [-0.05, 0) is 49.2 Å². The SMILES string of the molecule is N#Cc1nc(-c2ccco2)oc1N1CCC(C(=O)Nc2ccc(SC(F)F)cc2)CC1. The van der Waals surface area contributed by atoms with Crippen molar-refractivity contribution in [3.63, 3.8) is 0 Å². The third-order valence-corrected chi connectivity index (χ3v) is 5.67. The summed E-state index contributed by atoms with van der Waals surface area (Å²) in [6.45, 7) is 1.06. The predicted octanol–water partition coefficient (Wildman–Crippen LogP) is 4.98. The highest BCUT2D eigenvalue weighted by molar-refractivity contribution is 7.99. The van der Waals surface area contributed by atoms with Crippen LogP contribution in [-0.2, 0) is 4.79 Å². The number of nitrogens with zero attached hydrogens (tertiary/aromatic N) is 3. The van der Waals surface area contributed by atoms with Gasteiger partial charge >= 0.3 is 0 Å². The third-order valence-electron chi connectivity index (χ3n) is 4.95. The van der Waals surface area contributed by atoms with E-state index in [0.717, 1.165) is 0 Å². The fourth-order valence-corrected chi connectivity index (χ4v) is 3.91. The number of benzene rings is 1. The summed E-state index contributed by atoms with van der Waals surface area (Å²) in [6.07, 6.45) is 2.65. The summed E-state index contributed by atoms with van der Waals surface area (Å²) >= 11 is 0.462. The van der Waals surface area contributed by atoms with Gasteiger partial charge in [0.15, 0.2) is 5.76 Å². The van der Waals surface area contributed by atoms with Crippen LogP contribution < -0.4 is 10.2 Å². The predicted molar refractivity (Wildman–Crippen MR) is 111 cm³/mol. The Labute approximate surface area is 181 Å². The average molecular weight is 444 g/mol. The quantitative estimate of drug-likeness (QED) is 0.536. The molecule has 3 heterocycles. The molecule has 0 aliphatic carbocycles. The maximum atomic E-state index is 12.6. The van der Waals surface area contributed by atoms with Crippen molar-refractivity contribution in [3.05, 3.63) is 48.4 Å². The molecule has 0 radical (unpaired) electrons. The van der Waals surface area contributed by atoms with Crippen LogP contribution in [0.5, 0.6) is 0 Å². The number of piperidine rings is 1. The molecule has 1 fully saturated rings. The van der Waals surface area contributed by atoms with Crippen molar-refractivity contribution in [1.82, 2.24) is 4.98 Å². The number of alkyl halides is 2. The van der Waals surface area contributed by atoms with E-state index in [9.17, 15) is 18.8 Å². The fraction of sp³-hybridized carbons (Fsp3) is 0.286. The summed E-state index contributed by atoms with van der Waals surface area (Å²) in [7, 11) is 0. The Balaban J connectivity index is 1.35. The number of rotatable bonds is 6. The van der Waals surface area contributed by atoms with Crippen molar-refractivity contribution in [2.24, 2.45) is 5.92 Å². The van der Waals surface area contributed by atoms with Gasteiger partial charge in [-0.3, -0.25) is 4.79 Å². The van der Waals surface area contributed by atoms with Gasteiger partial charge in [0.25, 0.3) is 11.6 Å². The molecular weight excluding hydrogens is 426 g/mol. The second kappa shape index (κ2) is 9.22. The van der Waals surface area contributed by atoms with Gasteiger partial charge in [0, 0.05) is 29.6 Å². The van der Waals surface area contributed by atoms with Crippen LogP contribution in [0.15, 0.2) is 56.4 Å². The van der Waals surface area contributed by atoms with E-state index in [4.69, 9.17) is 8.83 Å². The number of furan rings is 1. The zero-order valence-electron chi connectivity index (χ0n) is 16.3. The molecule has 1 aliphatic rings. The lowest BCUT2D eigenvalue weighted by molar-refractivity contribution is -0.120. The third kappa shape index (κ3) is 4.88. The van der Waals surface area contributed by atoms with Gasteiger partial charge in [0.1, 0.15) is 6.07 Å². The lowest BCUT2D eigenvalue weighted by Crippen LogP contribution is -2.38. The van der Waals surface area contributed by atoms with Crippen molar-refractivity contribution >= 4 is 29.2 Å². The van der Waals surface area contributed by atoms with E-state index in [1.165, 1.54) is 6.26 Å². The summed E-state index contributed by atoms with van der Waals surface area (Å²) < 4.78 is 35.8. The topological polar surface area (TPSA) is 95.3 Å². The molecule has 160 valence electrons. The number of hydrogen-bond donors (Lipinski definition) is 1. The van der Waals surface area contributed by atoms with Gasteiger partial charge in [-0.15, -0.1) is 0 Å². The van der Waals surface area contributed by atoms with Gasteiger partial charge in [0.2, 0.25) is 17.5 Å². The normalized spacial score (nSPS) is 14.6. The highest BCUT2D eigenvalue weighted by Crippen LogP contribution is 2.32. The first-order valence-corrected chi connectivity index (χ1v) is 10.5. The van der Waals surface area contributed by atoms with E-state index in [2.05, 4.69) is 10.3 Å². The van der Waals surface area contributed by atoms with Gasteiger partial charge in [-0.2, -0.15) is 19.0 Å². The molecule has 1 amide bonds. The Hall–Kier alpha value is -3.32. The number of hydrogen-bond acceptors (Lipinski definition) is 7. The Bertz CT molecular complexity index is 1070. The molecule has 1 saturated heterocycles. The monoisotopic (exact) mass is 444 g/mol. The zero-order chi connectivity index (χ0) is 21.8. The molecule has 0 spiro atoms. The molecule has 2 aromatic heterocycles. The average Bonchev–Trinajstić information content (AvgIpc) is 3.44. The Morgan fingerprint density at radius 3 is 2.61 bits per heavy atom.